The maximum Gasteiger partial charge on any atom is 0.222 e. The molecular formula is C10H20N2O. The van der Waals surface area contributed by atoms with E-state index in [0.29, 0.717) is 6.42 Å². The van der Waals surface area contributed by atoms with Gasteiger partial charge in [-0.25, -0.2) is 0 Å². The Morgan fingerprint density at radius 1 is 1.54 bits per heavy atom. The normalized spacial score (nSPS) is 19.7. The minimum Gasteiger partial charge on any atom is -0.351 e. The van der Waals surface area contributed by atoms with Crippen LogP contribution < -0.4 is 11.1 Å². The second-order valence-electron chi connectivity index (χ2n) is 4.82. The maximum atomic E-state index is 11.5. The Labute approximate surface area is 80.1 Å². The van der Waals surface area contributed by atoms with E-state index < -0.39 is 0 Å². The Kier molecular flexibility index (Phi) is 2.66. The summed E-state index contributed by atoms with van der Waals surface area (Å²) >= 11 is 0. The minimum atomic E-state index is -0.173. The summed E-state index contributed by atoms with van der Waals surface area (Å²) in [5.74, 6) is 0.0897. The van der Waals surface area contributed by atoms with Crippen molar-refractivity contribution in [3.8, 4) is 0 Å². The first kappa shape index (κ1) is 10.5. The van der Waals surface area contributed by atoms with Gasteiger partial charge in [0, 0.05) is 17.5 Å². The fourth-order valence-electron chi connectivity index (χ4n) is 1.17. The minimum absolute atomic E-state index is 0.0897. The summed E-state index contributed by atoms with van der Waals surface area (Å²) in [4.78, 5) is 11.5. The van der Waals surface area contributed by atoms with Crippen LogP contribution in [0.4, 0.5) is 0 Å². The van der Waals surface area contributed by atoms with E-state index in [-0.39, 0.29) is 17.0 Å². The first-order chi connectivity index (χ1) is 5.87. The molecule has 1 rings (SSSR count). The highest BCUT2D eigenvalue weighted by Crippen LogP contribution is 2.35. The van der Waals surface area contributed by atoms with Crippen LogP contribution in [0.15, 0.2) is 0 Å². The Hall–Kier alpha value is -0.570. The summed E-state index contributed by atoms with van der Waals surface area (Å²) in [5, 5.41) is 2.98. The Bertz CT molecular complexity index is 207. The van der Waals surface area contributed by atoms with E-state index >= 15 is 0 Å². The maximum absolute atomic E-state index is 11.5. The van der Waals surface area contributed by atoms with Crippen LogP contribution in [-0.4, -0.2) is 17.0 Å². The van der Waals surface area contributed by atoms with Crippen molar-refractivity contribution in [2.75, 3.05) is 0 Å². The summed E-state index contributed by atoms with van der Waals surface area (Å²) in [6.07, 6.45) is 3.41. The van der Waals surface area contributed by atoms with Gasteiger partial charge < -0.3 is 11.1 Å². The van der Waals surface area contributed by atoms with Gasteiger partial charge in [0.05, 0.1) is 0 Å². The molecule has 0 spiro atoms. The van der Waals surface area contributed by atoms with E-state index in [1.807, 2.05) is 13.8 Å². The molecule has 3 nitrogen and oxygen atoms in total. The van der Waals surface area contributed by atoms with Crippen molar-refractivity contribution < 1.29 is 4.79 Å². The molecule has 0 unspecified atom stereocenters. The number of rotatable bonds is 4. The Morgan fingerprint density at radius 2 is 2.08 bits per heavy atom. The Balaban J connectivity index is 2.32. The fourth-order valence-corrected chi connectivity index (χ4v) is 1.17. The van der Waals surface area contributed by atoms with Crippen LogP contribution in [0, 0.1) is 0 Å². The van der Waals surface area contributed by atoms with Crippen molar-refractivity contribution in [2.24, 2.45) is 5.73 Å². The quantitative estimate of drug-likeness (QED) is 0.689. The van der Waals surface area contributed by atoms with Gasteiger partial charge in [-0.3, -0.25) is 4.79 Å². The van der Waals surface area contributed by atoms with Crippen molar-refractivity contribution in [1.82, 2.24) is 5.32 Å². The molecule has 1 aliphatic carbocycles. The van der Waals surface area contributed by atoms with Crippen LogP contribution in [0.25, 0.3) is 0 Å². The van der Waals surface area contributed by atoms with Crippen LogP contribution in [0.1, 0.15) is 46.5 Å². The highest BCUT2D eigenvalue weighted by atomic mass is 16.1. The van der Waals surface area contributed by atoms with Crippen LogP contribution in [0.3, 0.4) is 0 Å². The second kappa shape index (κ2) is 3.29. The van der Waals surface area contributed by atoms with Crippen molar-refractivity contribution in [2.45, 2.75) is 57.5 Å². The van der Waals surface area contributed by atoms with Crippen LogP contribution in [0.5, 0.6) is 0 Å². The lowest BCUT2D eigenvalue weighted by Crippen LogP contribution is -2.45. The summed E-state index contributed by atoms with van der Waals surface area (Å²) in [5.41, 5.74) is 5.58. The van der Waals surface area contributed by atoms with Gasteiger partial charge in [0.25, 0.3) is 0 Å². The fraction of sp³-hybridized carbons (Fsp3) is 0.900. The number of hydrogen-bond acceptors (Lipinski definition) is 2. The van der Waals surface area contributed by atoms with E-state index in [0.717, 1.165) is 19.3 Å². The summed E-state index contributed by atoms with van der Waals surface area (Å²) in [6.45, 7) is 6.12. The summed E-state index contributed by atoms with van der Waals surface area (Å²) < 4.78 is 0. The van der Waals surface area contributed by atoms with Crippen LogP contribution in [0.2, 0.25) is 0 Å². The topological polar surface area (TPSA) is 55.1 Å². The lowest BCUT2D eigenvalue weighted by molar-refractivity contribution is -0.123. The molecular weight excluding hydrogens is 164 g/mol. The highest BCUT2D eigenvalue weighted by Gasteiger charge is 2.40. The number of amides is 1. The molecule has 1 aliphatic rings. The summed E-state index contributed by atoms with van der Waals surface area (Å²) in [7, 11) is 0. The first-order valence-electron chi connectivity index (χ1n) is 4.97. The highest BCUT2D eigenvalue weighted by molar-refractivity contribution is 5.78. The Morgan fingerprint density at radius 3 is 2.46 bits per heavy atom. The van der Waals surface area contributed by atoms with Crippen LogP contribution in [-0.2, 0) is 4.79 Å². The van der Waals surface area contributed by atoms with Crippen molar-refractivity contribution in [3.05, 3.63) is 0 Å². The molecule has 0 heterocycles. The zero-order valence-electron chi connectivity index (χ0n) is 8.81. The molecule has 0 saturated heterocycles. The lowest BCUT2D eigenvalue weighted by atomic mass is 10.0. The van der Waals surface area contributed by atoms with Gasteiger partial charge in [0.1, 0.15) is 0 Å². The largest absolute Gasteiger partial charge is 0.351 e. The molecule has 13 heavy (non-hydrogen) atoms. The molecule has 3 N–H and O–H groups in total. The average Bonchev–Trinajstić information content (AvgIpc) is 2.66. The van der Waals surface area contributed by atoms with E-state index in [1.165, 1.54) is 0 Å². The van der Waals surface area contributed by atoms with Crippen molar-refractivity contribution >= 4 is 5.91 Å². The van der Waals surface area contributed by atoms with Crippen molar-refractivity contribution in [1.29, 1.82) is 0 Å². The second-order valence-corrected chi connectivity index (χ2v) is 4.82. The lowest BCUT2D eigenvalue weighted by Gasteiger charge is -2.25. The third-order valence-electron chi connectivity index (χ3n) is 2.77. The molecule has 0 radical (unpaired) electrons. The molecule has 0 aromatic rings. The average molecular weight is 184 g/mol. The predicted molar refractivity (Wildman–Crippen MR) is 53.3 cm³/mol. The standard InChI is InChI=1S/C10H20N2O/c1-4-9(2,3)12-8(13)7-10(11)5-6-10/h4-7,11H2,1-3H3,(H,12,13). The zero-order valence-corrected chi connectivity index (χ0v) is 8.81. The molecule has 0 bridgehead atoms. The van der Waals surface area contributed by atoms with Gasteiger partial charge in [-0.05, 0) is 33.1 Å². The number of hydrogen-bond donors (Lipinski definition) is 2. The molecule has 3 heteroatoms. The number of carbonyl (C=O) groups excluding carboxylic acids is 1. The van der Waals surface area contributed by atoms with Gasteiger partial charge >= 0.3 is 0 Å². The number of nitrogens with one attached hydrogen (secondary N) is 1. The van der Waals surface area contributed by atoms with Gasteiger partial charge in [-0.1, -0.05) is 6.92 Å². The van der Waals surface area contributed by atoms with Crippen LogP contribution >= 0.6 is 0 Å². The molecule has 0 aromatic heterocycles. The smallest absolute Gasteiger partial charge is 0.222 e. The molecule has 1 saturated carbocycles. The molecule has 76 valence electrons. The third-order valence-corrected chi connectivity index (χ3v) is 2.77. The monoisotopic (exact) mass is 184 g/mol. The molecule has 0 atom stereocenters. The molecule has 1 amide bonds. The van der Waals surface area contributed by atoms with Crippen molar-refractivity contribution in [3.63, 3.8) is 0 Å². The van der Waals surface area contributed by atoms with Gasteiger partial charge in [0.2, 0.25) is 5.91 Å². The zero-order chi connectivity index (χ0) is 10.1. The van der Waals surface area contributed by atoms with Gasteiger partial charge in [-0.15, -0.1) is 0 Å². The number of carbonyl (C=O) groups is 1. The predicted octanol–water partition coefficient (Wildman–Crippen LogP) is 1.17. The van der Waals surface area contributed by atoms with Gasteiger partial charge in [-0.2, -0.15) is 0 Å². The van der Waals surface area contributed by atoms with Gasteiger partial charge in [0.15, 0.2) is 0 Å². The third kappa shape index (κ3) is 3.35. The van der Waals surface area contributed by atoms with E-state index in [1.54, 1.807) is 0 Å². The van der Waals surface area contributed by atoms with E-state index in [9.17, 15) is 4.79 Å². The first-order valence-corrected chi connectivity index (χ1v) is 4.97. The summed E-state index contributed by atoms with van der Waals surface area (Å²) in [6, 6.07) is 0. The molecule has 0 aromatic carbocycles. The molecule has 0 aliphatic heterocycles. The SMILES string of the molecule is CCC(C)(C)NC(=O)CC1(N)CC1. The number of nitrogens with two attached hydrogens (primary N) is 1. The molecule has 1 fully saturated rings. The van der Waals surface area contributed by atoms with E-state index in [4.69, 9.17) is 5.73 Å². The van der Waals surface area contributed by atoms with E-state index in [2.05, 4.69) is 12.2 Å².